The van der Waals surface area contributed by atoms with Crippen LogP contribution in [0.4, 0.5) is 0 Å². The van der Waals surface area contributed by atoms with E-state index in [4.69, 9.17) is 4.74 Å². The van der Waals surface area contributed by atoms with Crippen molar-refractivity contribution in [3.63, 3.8) is 0 Å². The number of pyridine rings is 1. The predicted octanol–water partition coefficient (Wildman–Crippen LogP) is 2.89. The standard InChI is InChI=1S/C18H17N5O/c1-22-15-5-3-8-19-17(15)21-18(22)13-6-7-16(24-2)14(11-13)12-23-10-4-9-20-23/h3-11H,12H2,1-2H3. The molecule has 0 bridgehead atoms. The lowest BCUT2D eigenvalue weighted by atomic mass is 10.1. The molecule has 0 aliphatic carbocycles. The lowest BCUT2D eigenvalue weighted by Crippen LogP contribution is -2.03. The van der Waals surface area contributed by atoms with Crippen LogP contribution in [-0.4, -0.2) is 31.4 Å². The second kappa shape index (κ2) is 5.81. The average Bonchev–Trinajstić information content (AvgIpc) is 3.23. The second-order valence-electron chi connectivity index (χ2n) is 5.57. The molecule has 0 aliphatic rings. The van der Waals surface area contributed by atoms with Crippen molar-refractivity contribution >= 4 is 11.2 Å². The fourth-order valence-corrected chi connectivity index (χ4v) is 2.89. The van der Waals surface area contributed by atoms with Crippen LogP contribution in [0.5, 0.6) is 5.75 Å². The largest absolute Gasteiger partial charge is 0.496 e. The first kappa shape index (κ1) is 14.4. The molecule has 3 aromatic heterocycles. The summed E-state index contributed by atoms with van der Waals surface area (Å²) in [6.45, 7) is 0.645. The van der Waals surface area contributed by atoms with Gasteiger partial charge in [0, 0.05) is 36.8 Å². The third-order valence-corrected chi connectivity index (χ3v) is 4.09. The molecule has 0 N–H and O–H groups in total. The highest BCUT2D eigenvalue weighted by atomic mass is 16.5. The van der Waals surface area contributed by atoms with Crippen LogP contribution in [-0.2, 0) is 13.6 Å². The Bertz CT molecular complexity index is 988. The first-order valence-electron chi connectivity index (χ1n) is 7.68. The van der Waals surface area contributed by atoms with Gasteiger partial charge < -0.3 is 9.30 Å². The van der Waals surface area contributed by atoms with Gasteiger partial charge in [0.2, 0.25) is 0 Å². The van der Waals surface area contributed by atoms with Crippen LogP contribution < -0.4 is 4.74 Å². The Balaban J connectivity index is 1.81. The molecule has 0 saturated heterocycles. The number of rotatable bonds is 4. The number of aryl methyl sites for hydroxylation is 1. The van der Waals surface area contributed by atoms with E-state index < -0.39 is 0 Å². The van der Waals surface area contributed by atoms with Crippen LogP contribution in [0.25, 0.3) is 22.6 Å². The molecular formula is C18H17N5O. The van der Waals surface area contributed by atoms with Crippen LogP contribution in [0.15, 0.2) is 55.0 Å². The van der Waals surface area contributed by atoms with E-state index in [1.807, 2.05) is 48.3 Å². The minimum atomic E-state index is 0.645. The van der Waals surface area contributed by atoms with E-state index in [0.717, 1.165) is 33.9 Å². The molecule has 0 amide bonds. The van der Waals surface area contributed by atoms with Crippen molar-refractivity contribution in [3.8, 4) is 17.1 Å². The van der Waals surface area contributed by atoms with Gasteiger partial charge in [0.05, 0.1) is 19.2 Å². The number of ether oxygens (including phenoxy) is 1. The zero-order valence-electron chi connectivity index (χ0n) is 13.5. The molecule has 3 heterocycles. The highest BCUT2D eigenvalue weighted by molar-refractivity contribution is 5.77. The number of nitrogens with zero attached hydrogens (tertiary/aromatic N) is 5. The maximum atomic E-state index is 5.49. The van der Waals surface area contributed by atoms with Crippen molar-refractivity contribution in [2.24, 2.45) is 7.05 Å². The van der Waals surface area contributed by atoms with Gasteiger partial charge in [0.1, 0.15) is 11.6 Å². The average molecular weight is 319 g/mol. The molecule has 4 aromatic rings. The van der Waals surface area contributed by atoms with Gasteiger partial charge in [0.25, 0.3) is 0 Å². The molecule has 1 aromatic carbocycles. The lowest BCUT2D eigenvalue weighted by molar-refractivity contribution is 0.407. The first-order chi connectivity index (χ1) is 11.8. The van der Waals surface area contributed by atoms with Crippen LogP contribution in [0.2, 0.25) is 0 Å². The summed E-state index contributed by atoms with van der Waals surface area (Å²) in [7, 11) is 3.68. The molecule has 0 atom stereocenters. The van der Waals surface area contributed by atoms with Gasteiger partial charge in [-0.25, -0.2) is 9.97 Å². The first-order valence-corrected chi connectivity index (χ1v) is 7.68. The van der Waals surface area contributed by atoms with E-state index in [-0.39, 0.29) is 0 Å². The Morgan fingerprint density at radius 2 is 2.04 bits per heavy atom. The van der Waals surface area contributed by atoms with Crippen molar-refractivity contribution in [2.75, 3.05) is 7.11 Å². The van der Waals surface area contributed by atoms with E-state index in [0.29, 0.717) is 6.54 Å². The van der Waals surface area contributed by atoms with Gasteiger partial charge in [0.15, 0.2) is 5.65 Å². The van der Waals surface area contributed by atoms with Gasteiger partial charge in [-0.15, -0.1) is 0 Å². The van der Waals surface area contributed by atoms with E-state index in [9.17, 15) is 0 Å². The van der Waals surface area contributed by atoms with Gasteiger partial charge in [-0.1, -0.05) is 0 Å². The fourth-order valence-electron chi connectivity index (χ4n) is 2.89. The summed E-state index contributed by atoms with van der Waals surface area (Å²) in [6, 6.07) is 11.9. The molecule has 0 spiro atoms. The topological polar surface area (TPSA) is 57.8 Å². The summed E-state index contributed by atoms with van der Waals surface area (Å²) in [5.41, 5.74) is 3.84. The quantitative estimate of drug-likeness (QED) is 0.580. The highest BCUT2D eigenvalue weighted by Crippen LogP contribution is 2.28. The maximum Gasteiger partial charge on any atom is 0.178 e. The van der Waals surface area contributed by atoms with Crippen LogP contribution >= 0.6 is 0 Å². The van der Waals surface area contributed by atoms with Crippen molar-refractivity contribution in [3.05, 3.63) is 60.6 Å². The Hall–Kier alpha value is -3.15. The normalized spacial score (nSPS) is 11.1. The van der Waals surface area contributed by atoms with Gasteiger partial charge in [-0.2, -0.15) is 5.10 Å². The minimum absolute atomic E-state index is 0.645. The minimum Gasteiger partial charge on any atom is -0.496 e. The summed E-state index contributed by atoms with van der Waals surface area (Å²) in [6.07, 6.45) is 5.47. The smallest absolute Gasteiger partial charge is 0.178 e. The zero-order chi connectivity index (χ0) is 16.5. The third-order valence-electron chi connectivity index (χ3n) is 4.09. The van der Waals surface area contributed by atoms with E-state index in [1.165, 1.54) is 0 Å². The summed E-state index contributed by atoms with van der Waals surface area (Å²) < 4.78 is 9.42. The van der Waals surface area contributed by atoms with Crippen LogP contribution in [0, 0.1) is 0 Å². The third kappa shape index (κ3) is 2.42. The summed E-state index contributed by atoms with van der Waals surface area (Å²) in [5.74, 6) is 1.72. The van der Waals surface area contributed by atoms with Gasteiger partial charge >= 0.3 is 0 Å². The monoisotopic (exact) mass is 319 g/mol. The molecule has 0 fully saturated rings. The Kier molecular flexibility index (Phi) is 3.49. The summed E-state index contributed by atoms with van der Waals surface area (Å²) >= 11 is 0. The van der Waals surface area contributed by atoms with Crippen molar-refractivity contribution in [1.29, 1.82) is 0 Å². The number of hydrogen-bond acceptors (Lipinski definition) is 4. The van der Waals surface area contributed by atoms with Crippen molar-refractivity contribution < 1.29 is 4.74 Å². The summed E-state index contributed by atoms with van der Waals surface area (Å²) in [4.78, 5) is 9.00. The fraction of sp³-hybridized carbons (Fsp3) is 0.167. The molecule has 0 saturated carbocycles. The molecule has 0 unspecified atom stereocenters. The molecular weight excluding hydrogens is 302 g/mol. The number of hydrogen-bond donors (Lipinski definition) is 0. The SMILES string of the molecule is COc1ccc(-c2nc3ncccc3n2C)cc1Cn1cccn1. The molecule has 4 rings (SSSR count). The Morgan fingerprint density at radius 1 is 1.12 bits per heavy atom. The van der Waals surface area contributed by atoms with Crippen LogP contribution in [0.1, 0.15) is 5.56 Å². The van der Waals surface area contributed by atoms with Crippen molar-refractivity contribution in [2.45, 2.75) is 6.54 Å². The summed E-state index contributed by atoms with van der Waals surface area (Å²) in [5, 5.41) is 4.27. The Labute approximate surface area is 139 Å². The number of fused-ring (bicyclic) bond motifs is 1. The maximum absolute atomic E-state index is 5.49. The number of methoxy groups -OCH3 is 1. The van der Waals surface area contributed by atoms with E-state index >= 15 is 0 Å². The van der Waals surface area contributed by atoms with Gasteiger partial charge in [-0.3, -0.25) is 4.68 Å². The number of aromatic nitrogens is 5. The molecule has 24 heavy (non-hydrogen) atoms. The predicted molar refractivity (Wildman–Crippen MR) is 91.8 cm³/mol. The molecule has 120 valence electrons. The van der Waals surface area contributed by atoms with Crippen molar-refractivity contribution in [1.82, 2.24) is 24.3 Å². The number of benzene rings is 1. The molecule has 0 radical (unpaired) electrons. The Morgan fingerprint density at radius 3 is 2.79 bits per heavy atom. The molecule has 0 aliphatic heterocycles. The number of imidazole rings is 1. The molecule has 6 nitrogen and oxygen atoms in total. The van der Waals surface area contributed by atoms with Crippen LogP contribution in [0.3, 0.4) is 0 Å². The second-order valence-corrected chi connectivity index (χ2v) is 5.57. The zero-order valence-corrected chi connectivity index (χ0v) is 13.5. The highest BCUT2D eigenvalue weighted by Gasteiger charge is 2.13. The lowest BCUT2D eigenvalue weighted by Gasteiger charge is -2.11. The van der Waals surface area contributed by atoms with E-state index in [1.54, 1.807) is 19.5 Å². The van der Waals surface area contributed by atoms with E-state index in [2.05, 4.69) is 25.7 Å². The van der Waals surface area contributed by atoms with Gasteiger partial charge in [-0.05, 0) is 36.4 Å². The molecule has 6 heteroatoms.